The maximum atomic E-state index is 13.0. The highest BCUT2D eigenvalue weighted by atomic mass is 19.1. The third kappa shape index (κ3) is 6.20. The van der Waals surface area contributed by atoms with E-state index in [4.69, 9.17) is 9.47 Å². The molecule has 26 heavy (non-hydrogen) atoms. The second-order valence-corrected chi connectivity index (χ2v) is 5.79. The quantitative estimate of drug-likeness (QED) is 0.735. The van der Waals surface area contributed by atoms with Crippen LogP contribution in [0.3, 0.4) is 0 Å². The standard InChI is InChI=1S/C20H22FNO4/c1-3-15-7-9-16(10-8-15)14(2)22-19(23)12-26-20(24)13-25-18-6-4-5-17(21)11-18/h4-11,14H,3,12-13H2,1-2H3,(H,22,23). The van der Waals surface area contributed by atoms with Crippen molar-refractivity contribution in [3.05, 3.63) is 65.5 Å². The summed E-state index contributed by atoms with van der Waals surface area (Å²) in [5.74, 6) is -1.35. The summed E-state index contributed by atoms with van der Waals surface area (Å²) in [7, 11) is 0. The van der Waals surface area contributed by atoms with E-state index in [-0.39, 0.29) is 11.8 Å². The second kappa shape index (κ2) is 9.56. The number of benzene rings is 2. The molecule has 2 aromatic rings. The molecule has 5 nitrogen and oxygen atoms in total. The summed E-state index contributed by atoms with van der Waals surface area (Å²) >= 11 is 0. The van der Waals surface area contributed by atoms with E-state index in [9.17, 15) is 14.0 Å². The molecule has 1 amide bonds. The fourth-order valence-corrected chi connectivity index (χ4v) is 2.30. The number of hydrogen-bond acceptors (Lipinski definition) is 4. The molecule has 0 radical (unpaired) electrons. The highest BCUT2D eigenvalue weighted by molar-refractivity contribution is 5.81. The Morgan fingerprint density at radius 2 is 1.85 bits per heavy atom. The van der Waals surface area contributed by atoms with Crippen LogP contribution in [-0.4, -0.2) is 25.1 Å². The summed E-state index contributed by atoms with van der Waals surface area (Å²) in [4.78, 5) is 23.5. The summed E-state index contributed by atoms with van der Waals surface area (Å²) in [5.41, 5.74) is 2.19. The van der Waals surface area contributed by atoms with Crippen molar-refractivity contribution >= 4 is 11.9 Å². The topological polar surface area (TPSA) is 64.6 Å². The van der Waals surface area contributed by atoms with Gasteiger partial charge in [0, 0.05) is 6.07 Å². The first kappa shape index (κ1) is 19.4. The van der Waals surface area contributed by atoms with Crippen LogP contribution in [0.15, 0.2) is 48.5 Å². The van der Waals surface area contributed by atoms with Crippen LogP contribution < -0.4 is 10.1 Å². The minimum Gasteiger partial charge on any atom is -0.482 e. The van der Waals surface area contributed by atoms with Gasteiger partial charge in [0.05, 0.1) is 6.04 Å². The molecular weight excluding hydrogens is 337 g/mol. The number of aryl methyl sites for hydroxylation is 1. The number of halogens is 1. The molecule has 2 aromatic carbocycles. The van der Waals surface area contributed by atoms with Gasteiger partial charge in [0.15, 0.2) is 13.2 Å². The molecule has 0 aliphatic carbocycles. The van der Waals surface area contributed by atoms with Gasteiger partial charge in [-0.1, -0.05) is 37.3 Å². The van der Waals surface area contributed by atoms with E-state index in [0.717, 1.165) is 18.1 Å². The van der Waals surface area contributed by atoms with E-state index >= 15 is 0 Å². The van der Waals surface area contributed by atoms with Gasteiger partial charge in [0.25, 0.3) is 5.91 Å². The van der Waals surface area contributed by atoms with Gasteiger partial charge >= 0.3 is 5.97 Å². The highest BCUT2D eigenvalue weighted by Crippen LogP contribution is 2.14. The van der Waals surface area contributed by atoms with Gasteiger partial charge in [-0.3, -0.25) is 4.79 Å². The predicted molar refractivity (Wildman–Crippen MR) is 95.2 cm³/mol. The van der Waals surface area contributed by atoms with Crippen LogP contribution in [0.2, 0.25) is 0 Å². The Hall–Kier alpha value is -2.89. The number of hydrogen-bond donors (Lipinski definition) is 1. The Morgan fingerprint density at radius 3 is 2.50 bits per heavy atom. The number of carbonyl (C=O) groups is 2. The van der Waals surface area contributed by atoms with Crippen LogP contribution in [0.5, 0.6) is 5.75 Å². The van der Waals surface area contributed by atoms with Crippen molar-refractivity contribution in [2.24, 2.45) is 0 Å². The summed E-state index contributed by atoms with van der Waals surface area (Å²) in [6.07, 6.45) is 0.953. The Morgan fingerprint density at radius 1 is 1.12 bits per heavy atom. The van der Waals surface area contributed by atoms with E-state index in [1.54, 1.807) is 0 Å². The number of amides is 1. The lowest BCUT2D eigenvalue weighted by atomic mass is 10.1. The second-order valence-electron chi connectivity index (χ2n) is 5.79. The Labute approximate surface area is 152 Å². The fraction of sp³-hybridized carbons (Fsp3) is 0.300. The predicted octanol–water partition coefficient (Wildman–Crippen LogP) is 3.19. The molecule has 0 aliphatic heterocycles. The lowest BCUT2D eigenvalue weighted by molar-refractivity contribution is -0.150. The zero-order chi connectivity index (χ0) is 18.9. The molecule has 0 bridgehead atoms. The molecule has 1 N–H and O–H groups in total. The highest BCUT2D eigenvalue weighted by Gasteiger charge is 2.12. The SMILES string of the molecule is CCc1ccc(C(C)NC(=O)COC(=O)COc2cccc(F)c2)cc1. The minimum atomic E-state index is -0.704. The first-order valence-corrected chi connectivity index (χ1v) is 8.40. The van der Waals surface area contributed by atoms with Gasteiger partial charge < -0.3 is 14.8 Å². The largest absolute Gasteiger partial charge is 0.482 e. The van der Waals surface area contributed by atoms with Crippen LogP contribution >= 0.6 is 0 Å². The Kier molecular flexibility index (Phi) is 7.14. The third-order valence-corrected chi connectivity index (χ3v) is 3.78. The lowest BCUT2D eigenvalue weighted by Gasteiger charge is -2.15. The molecule has 0 spiro atoms. The van der Waals surface area contributed by atoms with Crippen LogP contribution in [0.4, 0.5) is 4.39 Å². The van der Waals surface area contributed by atoms with Crippen molar-refractivity contribution in [1.82, 2.24) is 5.32 Å². The van der Waals surface area contributed by atoms with Crippen LogP contribution in [0.1, 0.15) is 31.0 Å². The molecule has 0 heterocycles. The van der Waals surface area contributed by atoms with E-state index in [1.807, 2.05) is 31.2 Å². The van der Waals surface area contributed by atoms with E-state index in [0.29, 0.717) is 0 Å². The van der Waals surface area contributed by atoms with Gasteiger partial charge in [-0.15, -0.1) is 0 Å². The van der Waals surface area contributed by atoms with Gasteiger partial charge in [0.2, 0.25) is 0 Å². The van der Waals surface area contributed by atoms with Crippen molar-refractivity contribution in [2.75, 3.05) is 13.2 Å². The maximum absolute atomic E-state index is 13.0. The van der Waals surface area contributed by atoms with Crippen molar-refractivity contribution in [1.29, 1.82) is 0 Å². The Bertz CT molecular complexity index is 746. The minimum absolute atomic E-state index is 0.198. The first-order chi connectivity index (χ1) is 12.5. The molecule has 0 fully saturated rings. The van der Waals surface area contributed by atoms with Crippen LogP contribution in [0.25, 0.3) is 0 Å². The summed E-state index contributed by atoms with van der Waals surface area (Å²) in [5, 5.41) is 2.76. The number of esters is 1. The number of nitrogens with one attached hydrogen (secondary N) is 1. The monoisotopic (exact) mass is 359 g/mol. The molecule has 0 aliphatic rings. The normalized spacial score (nSPS) is 11.5. The average Bonchev–Trinajstić information content (AvgIpc) is 2.64. The molecule has 6 heteroatoms. The summed E-state index contributed by atoms with van der Waals surface area (Å²) in [6, 6.07) is 13.2. The van der Waals surface area contributed by atoms with Gasteiger partial charge in [0.1, 0.15) is 11.6 Å². The van der Waals surface area contributed by atoms with Crippen molar-refractivity contribution < 1.29 is 23.5 Å². The average molecular weight is 359 g/mol. The van der Waals surface area contributed by atoms with Gasteiger partial charge in [-0.05, 0) is 36.6 Å². The van der Waals surface area contributed by atoms with E-state index < -0.39 is 30.9 Å². The summed E-state index contributed by atoms with van der Waals surface area (Å²) < 4.78 is 23.0. The smallest absolute Gasteiger partial charge is 0.344 e. The van der Waals surface area contributed by atoms with Crippen LogP contribution in [-0.2, 0) is 20.7 Å². The third-order valence-electron chi connectivity index (χ3n) is 3.78. The number of ether oxygens (including phenoxy) is 2. The maximum Gasteiger partial charge on any atom is 0.344 e. The molecule has 1 atom stereocenters. The molecule has 0 saturated heterocycles. The van der Waals surface area contributed by atoms with E-state index in [1.165, 1.54) is 23.8 Å². The molecule has 138 valence electrons. The Balaban J connectivity index is 1.72. The van der Waals surface area contributed by atoms with Gasteiger partial charge in [-0.25, -0.2) is 9.18 Å². The van der Waals surface area contributed by atoms with Crippen LogP contribution in [0, 0.1) is 5.82 Å². The molecule has 1 unspecified atom stereocenters. The van der Waals surface area contributed by atoms with Crippen molar-refractivity contribution in [3.8, 4) is 5.75 Å². The lowest BCUT2D eigenvalue weighted by Crippen LogP contribution is -2.31. The summed E-state index contributed by atoms with van der Waals surface area (Å²) in [6.45, 7) is 3.13. The first-order valence-electron chi connectivity index (χ1n) is 8.40. The molecule has 2 rings (SSSR count). The molecule has 0 saturated carbocycles. The fourth-order valence-electron chi connectivity index (χ4n) is 2.30. The zero-order valence-corrected chi connectivity index (χ0v) is 14.8. The van der Waals surface area contributed by atoms with Crippen molar-refractivity contribution in [2.45, 2.75) is 26.3 Å². The van der Waals surface area contributed by atoms with E-state index in [2.05, 4.69) is 12.2 Å². The number of rotatable bonds is 8. The molecule has 0 aromatic heterocycles. The van der Waals surface area contributed by atoms with Gasteiger partial charge in [-0.2, -0.15) is 0 Å². The molecular formula is C20H22FNO4. The zero-order valence-electron chi connectivity index (χ0n) is 14.8. The van der Waals surface area contributed by atoms with Crippen molar-refractivity contribution in [3.63, 3.8) is 0 Å². The number of carbonyl (C=O) groups excluding carboxylic acids is 2.